The Morgan fingerprint density at radius 1 is 1.15 bits per heavy atom. The van der Waals surface area contributed by atoms with E-state index in [9.17, 15) is 9.90 Å². The van der Waals surface area contributed by atoms with Gasteiger partial charge in [0.25, 0.3) is 0 Å². The lowest BCUT2D eigenvalue weighted by Gasteiger charge is -2.41. The van der Waals surface area contributed by atoms with Gasteiger partial charge in [-0.1, -0.05) is 23.7 Å². The largest absolute Gasteiger partial charge is 0.479 e. The first kappa shape index (κ1) is 27.7. The van der Waals surface area contributed by atoms with E-state index in [1.807, 2.05) is 45.9 Å². The van der Waals surface area contributed by atoms with Crippen molar-refractivity contribution in [2.45, 2.75) is 64.2 Å². The molecule has 2 saturated heterocycles. The number of ether oxygens (including phenoxy) is 2. The predicted octanol–water partition coefficient (Wildman–Crippen LogP) is 7.39. The summed E-state index contributed by atoms with van der Waals surface area (Å²) in [6.45, 7) is 8.22. The van der Waals surface area contributed by atoms with E-state index < -0.39 is 24.7 Å². The summed E-state index contributed by atoms with van der Waals surface area (Å²) >= 11 is 7.67. The van der Waals surface area contributed by atoms with Gasteiger partial charge in [-0.25, -0.2) is 14.8 Å². The third-order valence-electron chi connectivity index (χ3n) is 8.84. The second-order valence-electron chi connectivity index (χ2n) is 13.2. The monoisotopic (exact) mass is 662 g/mol. The molecule has 0 unspecified atom stereocenters. The van der Waals surface area contributed by atoms with Gasteiger partial charge in [0, 0.05) is 33.2 Å². The van der Waals surface area contributed by atoms with Crippen molar-refractivity contribution < 1.29 is 23.5 Å². The highest BCUT2D eigenvalue weighted by Crippen LogP contribution is 2.44. The van der Waals surface area contributed by atoms with Gasteiger partial charge in [0.05, 0.1) is 52.0 Å². The van der Waals surface area contributed by atoms with E-state index in [4.69, 9.17) is 35.2 Å². The van der Waals surface area contributed by atoms with Gasteiger partial charge in [-0.3, -0.25) is 9.58 Å². The lowest BCUT2D eigenvalue weighted by atomic mass is 9.91. The van der Waals surface area contributed by atoms with Crippen LogP contribution in [0.25, 0.3) is 43.1 Å². The number of aromatic nitrogens is 4. The standard InChI is InChI=1S/C35H38ClN5O4S/c1-19-16-25-32(28(20-6-8-22(36)9-7-20)27(19)31(34(42)43)45-35(2,3)4)46-33(38-25)24-10-11-26-30(37-24)29(39-40(26)5)21-12-14-41(15-13-21)23-17-44-18-23/h6-11,16,21,23,31H,12-15,17-18H2,1-5H3,(H,42,43)/t31-/m0/s1/i5D3. The molecule has 5 heterocycles. The summed E-state index contributed by atoms with van der Waals surface area (Å²) in [6.07, 6.45) is 0.473. The molecule has 46 heavy (non-hydrogen) atoms. The molecule has 9 nitrogen and oxygen atoms in total. The number of carboxylic acids is 1. The van der Waals surface area contributed by atoms with Gasteiger partial charge in [0.1, 0.15) is 10.5 Å². The Hall–Kier alpha value is -3.41. The molecule has 0 spiro atoms. The molecule has 1 atom stereocenters. The lowest BCUT2D eigenvalue weighted by Crippen LogP contribution is -2.51. The number of nitrogens with zero attached hydrogens (tertiary/aromatic N) is 5. The summed E-state index contributed by atoms with van der Waals surface area (Å²) in [5.41, 5.74) is 5.07. The van der Waals surface area contributed by atoms with Crippen LogP contribution in [0, 0.1) is 6.92 Å². The number of carbonyl (C=O) groups is 1. The number of piperidine rings is 1. The van der Waals surface area contributed by atoms with Crippen LogP contribution in [0.2, 0.25) is 5.02 Å². The number of fused-ring (bicyclic) bond motifs is 2. The van der Waals surface area contributed by atoms with Crippen molar-refractivity contribution in [2.24, 2.45) is 6.98 Å². The summed E-state index contributed by atoms with van der Waals surface area (Å²) in [5, 5.41) is 16.3. The third kappa shape index (κ3) is 5.82. The maximum atomic E-state index is 12.7. The maximum absolute atomic E-state index is 12.7. The van der Waals surface area contributed by atoms with Crippen LogP contribution < -0.4 is 0 Å². The van der Waals surface area contributed by atoms with E-state index in [0.717, 1.165) is 59.7 Å². The quantitative estimate of drug-likeness (QED) is 0.192. The fraction of sp³-hybridized carbons (Fsp3) is 0.429. The van der Waals surface area contributed by atoms with Crippen molar-refractivity contribution >= 4 is 50.2 Å². The molecule has 2 aliphatic rings. The van der Waals surface area contributed by atoms with Crippen molar-refractivity contribution in [3.8, 4) is 21.8 Å². The van der Waals surface area contributed by atoms with Crippen LogP contribution in [0.15, 0.2) is 42.5 Å². The second kappa shape index (κ2) is 12.0. The number of benzene rings is 2. The van der Waals surface area contributed by atoms with Crippen LogP contribution >= 0.6 is 22.9 Å². The molecule has 0 aliphatic carbocycles. The number of rotatable bonds is 7. The molecule has 11 heteroatoms. The number of carboxylic acid groups (broad SMARTS) is 1. The number of hydrogen-bond donors (Lipinski definition) is 1. The molecule has 240 valence electrons. The summed E-state index contributed by atoms with van der Waals surface area (Å²) < 4.78 is 38.0. The van der Waals surface area contributed by atoms with Gasteiger partial charge in [0.15, 0.2) is 6.10 Å². The summed E-state index contributed by atoms with van der Waals surface area (Å²) in [5.74, 6) is -1.02. The van der Waals surface area contributed by atoms with E-state index in [1.165, 1.54) is 11.3 Å². The topological polar surface area (TPSA) is 103 Å². The third-order valence-corrected chi connectivity index (χ3v) is 10.2. The van der Waals surface area contributed by atoms with Gasteiger partial charge in [0.2, 0.25) is 0 Å². The molecule has 7 rings (SSSR count). The molecular formula is C35H38ClN5O4S. The van der Waals surface area contributed by atoms with Crippen molar-refractivity contribution in [3.05, 3.63) is 64.3 Å². The van der Waals surface area contributed by atoms with E-state index >= 15 is 0 Å². The summed E-state index contributed by atoms with van der Waals surface area (Å²) in [6, 6.07) is 13.2. The maximum Gasteiger partial charge on any atom is 0.337 e. The normalized spacial score (nSPS) is 18.8. The lowest BCUT2D eigenvalue weighted by molar-refractivity contribution is -0.160. The van der Waals surface area contributed by atoms with Gasteiger partial charge >= 0.3 is 5.97 Å². The number of aryl methyl sites for hydroxylation is 2. The number of hydrogen-bond acceptors (Lipinski definition) is 8. The van der Waals surface area contributed by atoms with Crippen LogP contribution in [0.4, 0.5) is 0 Å². The smallest absolute Gasteiger partial charge is 0.337 e. The zero-order valence-corrected chi connectivity index (χ0v) is 27.8. The first-order valence-electron chi connectivity index (χ1n) is 17.0. The average Bonchev–Trinajstić information content (AvgIpc) is 3.60. The van der Waals surface area contributed by atoms with Crippen LogP contribution in [0.1, 0.15) is 66.6 Å². The van der Waals surface area contributed by atoms with Crippen LogP contribution in [0.3, 0.4) is 0 Å². The molecule has 0 saturated carbocycles. The molecular weight excluding hydrogens is 622 g/mol. The van der Waals surface area contributed by atoms with E-state index in [2.05, 4.69) is 10.00 Å². The molecule has 0 radical (unpaired) electrons. The minimum absolute atomic E-state index is 0.0685. The Morgan fingerprint density at radius 2 is 1.89 bits per heavy atom. The second-order valence-corrected chi connectivity index (χ2v) is 14.6. The van der Waals surface area contributed by atoms with Crippen LogP contribution in [-0.4, -0.2) is 73.7 Å². The number of aliphatic carboxylic acids is 1. The number of pyridine rings is 1. The van der Waals surface area contributed by atoms with E-state index in [0.29, 0.717) is 55.1 Å². The Kier molecular flexibility index (Phi) is 7.22. The van der Waals surface area contributed by atoms with Crippen molar-refractivity contribution in [2.75, 3.05) is 26.3 Å². The van der Waals surface area contributed by atoms with Gasteiger partial charge in [-0.05, 0) is 95.1 Å². The van der Waals surface area contributed by atoms with Crippen LogP contribution in [-0.2, 0) is 21.2 Å². The van der Waals surface area contributed by atoms with Gasteiger partial charge in [-0.15, -0.1) is 11.3 Å². The fourth-order valence-electron chi connectivity index (χ4n) is 6.53. The summed E-state index contributed by atoms with van der Waals surface area (Å²) in [4.78, 5) is 25.2. The molecule has 2 aliphatic heterocycles. The first-order valence-corrected chi connectivity index (χ1v) is 16.7. The first-order chi connectivity index (χ1) is 23.2. The predicted molar refractivity (Wildman–Crippen MR) is 182 cm³/mol. The Bertz CT molecular complexity index is 2050. The molecule has 1 N–H and O–H groups in total. The highest BCUT2D eigenvalue weighted by molar-refractivity contribution is 7.22. The van der Waals surface area contributed by atoms with Gasteiger partial charge in [-0.2, -0.15) is 5.10 Å². The molecule has 0 amide bonds. The Balaban J connectivity index is 1.36. The number of likely N-dealkylation sites (tertiary alicyclic amines) is 1. The zero-order chi connectivity index (χ0) is 34.8. The van der Waals surface area contributed by atoms with Crippen LogP contribution in [0.5, 0.6) is 0 Å². The minimum atomic E-state index is -2.46. The average molecular weight is 663 g/mol. The summed E-state index contributed by atoms with van der Waals surface area (Å²) in [7, 11) is 0. The van der Waals surface area contributed by atoms with Crippen molar-refractivity contribution in [3.63, 3.8) is 0 Å². The minimum Gasteiger partial charge on any atom is -0.479 e. The number of thiazole rings is 1. The van der Waals surface area contributed by atoms with E-state index in [-0.39, 0.29) is 5.92 Å². The van der Waals surface area contributed by atoms with Crippen molar-refractivity contribution in [1.82, 2.24) is 24.6 Å². The Labute approximate surface area is 281 Å². The molecule has 5 aromatic rings. The van der Waals surface area contributed by atoms with Crippen molar-refractivity contribution in [1.29, 1.82) is 0 Å². The zero-order valence-electron chi connectivity index (χ0n) is 29.2. The Morgan fingerprint density at radius 3 is 2.52 bits per heavy atom. The SMILES string of the molecule is [2H]C([2H])([2H])n1nc(C2CCN(C3COC3)CC2)c2nc(-c3nc4cc(C)c([C@H](OC(C)(C)C)C(=O)O)c(-c5ccc(Cl)cc5)c4s3)ccc21. The fourth-order valence-corrected chi connectivity index (χ4v) is 7.76. The highest BCUT2D eigenvalue weighted by atomic mass is 35.5. The number of halogens is 1. The molecule has 2 fully saturated rings. The highest BCUT2D eigenvalue weighted by Gasteiger charge is 2.34. The molecule has 0 bridgehead atoms. The molecule has 2 aromatic carbocycles. The molecule has 3 aromatic heterocycles. The van der Waals surface area contributed by atoms with Gasteiger partial charge < -0.3 is 14.6 Å². The van der Waals surface area contributed by atoms with E-state index in [1.54, 1.807) is 24.3 Å².